The second-order valence-corrected chi connectivity index (χ2v) is 7.83. The fourth-order valence-electron chi connectivity index (χ4n) is 3.35. The van der Waals surface area contributed by atoms with E-state index in [1.54, 1.807) is 54.7 Å². The zero-order valence-electron chi connectivity index (χ0n) is 18.4. The summed E-state index contributed by atoms with van der Waals surface area (Å²) in [5.41, 5.74) is 4.60. The third kappa shape index (κ3) is 5.27. The predicted molar refractivity (Wildman–Crippen MR) is 129 cm³/mol. The van der Waals surface area contributed by atoms with Crippen LogP contribution in [0, 0.1) is 0 Å². The maximum absolute atomic E-state index is 12.7. The predicted octanol–water partition coefficient (Wildman–Crippen LogP) is 4.47. The lowest BCUT2D eigenvalue weighted by atomic mass is 10.1. The lowest BCUT2D eigenvalue weighted by molar-refractivity contribution is -0.115. The molecule has 0 aliphatic heterocycles. The molecule has 0 saturated heterocycles. The molecular weight excluding hydrogens is 416 g/mol. The van der Waals surface area contributed by atoms with Gasteiger partial charge >= 0.3 is 0 Å². The van der Waals surface area contributed by atoms with Gasteiger partial charge in [-0.15, -0.1) is 0 Å². The molecule has 0 radical (unpaired) electrons. The van der Waals surface area contributed by atoms with E-state index in [1.165, 1.54) is 0 Å². The molecule has 3 N–H and O–H groups in total. The number of hydrogen-bond acceptors (Lipinski definition) is 6. The van der Waals surface area contributed by atoms with Crippen LogP contribution >= 0.6 is 0 Å². The molecule has 1 aromatic heterocycles. The number of rotatable bonds is 6. The standard InChI is InChI=1S/C26H24N4O3/c1-30(2)20-9-5-19(6-10-20)25-26(29-24(33)15-17-3-11-21(31)12-4-17)27-16-23(28-25)18-7-13-22(32)14-8-18/h3-14,16,31-32H,15H2,1-2H3,(H,27,29,33). The van der Waals surface area contributed by atoms with Gasteiger partial charge in [0.15, 0.2) is 5.82 Å². The fourth-order valence-corrected chi connectivity index (χ4v) is 3.35. The van der Waals surface area contributed by atoms with E-state index in [1.807, 2.05) is 43.3 Å². The van der Waals surface area contributed by atoms with E-state index >= 15 is 0 Å². The molecule has 0 saturated carbocycles. The largest absolute Gasteiger partial charge is 0.508 e. The summed E-state index contributed by atoms with van der Waals surface area (Å²) in [6, 6.07) is 21.1. The van der Waals surface area contributed by atoms with Crippen molar-refractivity contribution < 1.29 is 15.0 Å². The first-order chi connectivity index (χ1) is 15.9. The van der Waals surface area contributed by atoms with Crippen molar-refractivity contribution in [1.82, 2.24) is 9.97 Å². The van der Waals surface area contributed by atoms with E-state index in [-0.39, 0.29) is 23.8 Å². The van der Waals surface area contributed by atoms with Crippen molar-refractivity contribution in [1.29, 1.82) is 0 Å². The number of carbonyl (C=O) groups excluding carboxylic acids is 1. The first-order valence-electron chi connectivity index (χ1n) is 10.4. The van der Waals surface area contributed by atoms with Gasteiger partial charge in [-0.3, -0.25) is 4.79 Å². The minimum absolute atomic E-state index is 0.140. The summed E-state index contributed by atoms with van der Waals surface area (Å²) in [4.78, 5) is 24.0. The SMILES string of the molecule is CN(C)c1ccc(-c2nc(-c3ccc(O)cc3)cnc2NC(=O)Cc2ccc(O)cc2)cc1. The molecule has 0 aliphatic carbocycles. The second-order valence-electron chi connectivity index (χ2n) is 7.83. The van der Waals surface area contributed by atoms with Gasteiger partial charge in [0.25, 0.3) is 0 Å². The summed E-state index contributed by atoms with van der Waals surface area (Å²) in [5.74, 6) is 0.445. The Kier molecular flexibility index (Phi) is 6.22. The van der Waals surface area contributed by atoms with Crippen LogP contribution in [0.3, 0.4) is 0 Å². The fraction of sp³-hybridized carbons (Fsp3) is 0.115. The molecule has 166 valence electrons. The lowest BCUT2D eigenvalue weighted by Crippen LogP contribution is -2.16. The van der Waals surface area contributed by atoms with Gasteiger partial charge in [-0.25, -0.2) is 9.97 Å². The Morgan fingerprint density at radius 2 is 1.42 bits per heavy atom. The number of hydrogen-bond donors (Lipinski definition) is 3. The van der Waals surface area contributed by atoms with Gasteiger partial charge < -0.3 is 20.4 Å². The van der Waals surface area contributed by atoms with Gasteiger partial charge in [0, 0.05) is 30.9 Å². The minimum atomic E-state index is -0.237. The van der Waals surface area contributed by atoms with E-state index < -0.39 is 0 Å². The van der Waals surface area contributed by atoms with Crippen LogP contribution in [0.4, 0.5) is 11.5 Å². The van der Waals surface area contributed by atoms with Crippen LogP contribution in [0.2, 0.25) is 0 Å². The zero-order chi connectivity index (χ0) is 23.4. The first-order valence-corrected chi connectivity index (χ1v) is 10.4. The molecule has 1 amide bonds. The summed E-state index contributed by atoms with van der Waals surface area (Å²) in [6.45, 7) is 0. The first kappa shape index (κ1) is 21.8. The van der Waals surface area contributed by atoms with Crippen molar-refractivity contribution in [2.45, 2.75) is 6.42 Å². The Hall–Kier alpha value is -4.39. The molecule has 0 bridgehead atoms. The molecule has 7 heteroatoms. The number of nitrogens with one attached hydrogen (secondary N) is 1. The number of phenolic OH excluding ortho intramolecular Hbond substituents is 2. The average molecular weight is 441 g/mol. The zero-order valence-corrected chi connectivity index (χ0v) is 18.4. The van der Waals surface area contributed by atoms with Crippen molar-refractivity contribution in [3.8, 4) is 34.0 Å². The quantitative estimate of drug-likeness (QED) is 0.409. The normalized spacial score (nSPS) is 10.6. The molecule has 4 rings (SSSR count). The molecule has 0 unspecified atom stereocenters. The van der Waals surface area contributed by atoms with Crippen molar-refractivity contribution in [3.05, 3.63) is 84.6 Å². The topological polar surface area (TPSA) is 98.6 Å². The molecular formula is C26H24N4O3. The monoisotopic (exact) mass is 440 g/mol. The van der Waals surface area contributed by atoms with E-state index in [2.05, 4.69) is 10.3 Å². The number of benzene rings is 3. The Labute approximate surface area is 192 Å². The van der Waals surface area contributed by atoms with Crippen LogP contribution in [0.15, 0.2) is 79.0 Å². The molecule has 1 heterocycles. The van der Waals surface area contributed by atoms with Gasteiger partial charge in [-0.1, -0.05) is 24.3 Å². The molecule has 0 atom stereocenters. The highest BCUT2D eigenvalue weighted by atomic mass is 16.3. The highest BCUT2D eigenvalue weighted by molar-refractivity contribution is 5.94. The van der Waals surface area contributed by atoms with Crippen LogP contribution in [0.25, 0.3) is 22.5 Å². The number of phenols is 2. The van der Waals surface area contributed by atoms with E-state index in [4.69, 9.17) is 4.98 Å². The number of nitrogens with zero attached hydrogens (tertiary/aromatic N) is 3. The molecule has 0 spiro atoms. The van der Waals surface area contributed by atoms with Crippen LogP contribution in [-0.4, -0.2) is 40.2 Å². The number of amides is 1. The van der Waals surface area contributed by atoms with Gasteiger partial charge in [0.2, 0.25) is 5.91 Å². The third-order valence-corrected chi connectivity index (χ3v) is 5.15. The van der Waals surface area contributed by atoms with Crippen molar-refractivity contribution >= 4 is 17.4 Å². The molecule has 33 heavy (non-hydrogen) atoms. The summed E-state index contributed by atoms with van der Waals surface area (Å²) in [5, 5.41) is 21.9. The Morgan fingerprint density at radius 3 is 2.03 bits per heavy atom. The van der Waals surface area contributed by atoms with Gasteiger partial charge in [-0.05, 0) is 54.1 Å². The number of aromatic nitrogens is 2. The van der Waals surface area contributed by atoms with Crippen molar-refractivity contribution in [3.63, 3.8) is 0 Å². The van der Waals surface area contributed by atoms with Crippen LogP contribution in [0.5, 0.6) is 11.5 Å². The van der Waals surface area contributed by atoms with Crippen molar-refractivity contribution in [2.24, 2.45) is 0 Å². The van der Waals surface area contributed by atoms with Gasteiger partial charge in [0.1, 0.15) is 17.2 Å². The van der Waals surface area contributed by atoms with Crippen LogP contribution in [0.1, 0.15) is 5.56 Å². The number of anilines is 2. The maximum atomic E-state index is 12.7. The van der Waals surface area contributed by atoms with Crippen molar-refractivity contribution in [2.75, 3.05) is 24.3 Å². The molecule has 7 nitrogen and oxygen atoms in total. The summed E-state index contributed by atoms with van der Waals surface area (Å²) >= 11 is 0. The minimum Gasteiger partial charge on any atom is -0.508 e. The van der Waals surface area contributed by atoms with E-state index in [0.717, 1.165) is 22.4 Å². The number of aromatic hydroxyl groups is 2. The smallest absolute Gasteiger partial charge is 0.230 e. The average Bonchev–Trinajstić information content (AvgIpc) is 2.81. The van der Waals surface area contributed by atoms with Gasteiger partial charge in [-0.2, -0.15) is 0 Å². The van der Waals surface area contributed by atoms with Crippen LogP contribution in [-0.2, 0) is 11.2 Å². The molecule has 3 aromatic carbocycles. The summed E-state index contributed by atoms with van der Waals surface area (Å²) < 4.78 is 0. The lowest BCUT2D eigenvalue weighted by Gasteiger charge is -2.15. The highest BCUT2D eigenvalue weighted by Crippen LogP contribution is 2.29. The Morgan fingerprint density at radius 1 is 0.848 bits per heavy atom. The summed E-state index contributed by atoms with van der Waals surface area (Å²) in [6.07, 6.45) is 1.74. The summed E-state index contributed by atoms with van der Waals surface area (Å²) in [7, 11) is 3.93. The molecule has 4 aromatic rings. The third-order valence-electron chi connectivity index (χ3n) is 5.15. The molecule has 0 fully saturated rings. The Balaban J connectivity index is 1.68. The highest BCUT2D eigenvalue weighted by Gasteiger charge is 2.15. The van der Waals surface area contributed by atoms with Gasteiger partial charge in [0.05, 0.1) is 18.3 Å². The maximum Gasteiger partial charge on any atom is 0.230 e. The second kappa shape index (κ2) is 9.40. The van der Waals surface area contributed by atoms with E-state index in [0.29, 0.717) is 17.2 Å². The van der Waals surface area contributed by atoms with E-state index in [9.17, 15) is 15.0 Å². The number of carbonyl (C=O) groups is 1. The Bertz CT molecular complexity index is 1250. The molecule has 0 aliphatic rings. The van der Waals surface area contributed by atoms with Crippen LogP contribution < -0.4 is 10.2 Å².